The van der Waals surface area contributed by atoms with Crippen molar-refractivity contribution in [3.05, 3.63) is 34.3 Å². The highest BCUT2D eigenvalue weighted by Gasteiger charge is 2.28. The standard InChI is InChI=1S/C12H16BrNO/c1-12(2)8-15-11(7-14-12)9-5-3-4-6-10(9)13/h3-6,11,14H,7-8H2,1-2H3. The largest absolute Gasteiger partial charge is 0.370 e. The molecule has 1 heterocycles. The van der Waals surface area contributed by atoms with Gasteiger partial charge in [0.1, 0.15) is 0 Å². The van der Waals surface area contributed by atoms with Gasteiger partial charge in [-0.2, -0.15) is 0 Å². The van der Waals surface area contributed by atoms with Crippen LogP contribution in [0.5, 0.6) is 0 Å². The van der Waals surface area contributed by atoms with Crippen molar-refractivity contribution in [3.8, 4) is 0 Å². The average molecular weight is 270 g/mol. The molecule has 0 saturated carbocycles. The summed E-state index contributed by atoms with van der Waals surface area (Å²) < 4.78 is 6.99. The van der Waals surface area contributed by atoms with Crippen LogP contribution in [0.4, 0.5) is 0 Å². The Labute approximate surface area is 99.1 Å². The van der Waals surface area contributed by atoms with Crippen molar-refractivity contribution in [1.29, 1.82) is 0 Å². The SMILES string of the molecule is CC1(C)COC(c2ccccc2Br)CN1. The Bertz CT molecular complexity index is 341. The van der Waals surface area contributed by atoms with Crippen molar-refractivity contribution in [2.45, 2.75) is 25.5 Å². The first-order valence-corrected chi connectivity index (χ1v) is 5.99. The molecule has 0 aromatic heterocycles. The Kier molecular flexibility index (Phi) is 3.14. The molecular formula is C12H16BrNO. The van der Waals surface area contributed by atoms with Crippen LogP contribution in [-0.4, -0.2) is 18.7 Å². The number of nitrogens with one attached hydrogen (secondary N) is 1. The molecule has 1 aromatic rings. The van der Waals surface area contributed by atoms with E-state index in [0.29, 0.717) is 0 Å². The number of halogens is 1. The molecular weight excluding hydrogens is 254 g/mol. The molecule has 1 aromatic carbocycles. The molecule has 1 N–H and O–H groups in total. The van der Waals surface area contributed by atoms with E-state index in [9.17, 15) is 0 Å². The number of ether oxygens (including phenoxy) is 1. The van der Waals surface area contributed by atoms with Gasteiger partial charge in [0, 0.05) is 16.6 Å². The summed E-state index contributed by atoms with van der Waals surface area (Å²) in [4.78, 5) is 0. The molecule has 2 rings (SSSR count). The average Bonchev–Trinajstić information content (AvgIpc) is 2.19. The summed E-state index contributed by atoms with van der Waals surface area (Å²) in [6, 6.07) is 8.23. The van der Waals surface area contributed by atoms with E-state index < -0.39 is 0 Å². The second kappa shape index (κ2) is 4.24. The molecule has 1 saturated heterocycles. The smallest absolute Gasteiger partial charge is 0.0961 e. The Morgan fingerprint density at radius 3 is 2.73 bits per heavy atom. The Morgan fingerprint density at radius 1 is 1.40 bits per heavy atom. The van der Waals surface area contributed by atoms with Gasteiger partial charge in [0.05, 0.1) is 12.7 Å². The molecule has 0 aliphatic carbocycles. The maximum Gasteiger partial charge on any atom is 0.0961 e. The Balaban J connectivity index is 2.11. The lowest BCUT2D eigenvalue weighted by Crippen LogP contribution is -2.50. The maximum atomic E-state index is 5.87. The zero-order valence-electron chi connectivity index (χ0n) is 9.09. The first kappa shape index (κ1) is 11.1. The van der Waals surface area contributed by atoms with Crippen LogP contribution in [0.25, 0.3) is 0 Å². The highest BCUT2D eigenvalue weighted by molar-refractivity contribution is 9.10. The number of benzene rings is 1. The van der Waals surface area contributed by atoms with Gasteiger partial charge in [0.2, 0.25) is 0 Å². The predicted octanol–water partition coefficient (Wildman–Crippen LogP) is 2.89. The molecule has 2 nitrogen and oxygen atoms in total. The molecule has 0 radical (unpaired) electrons. The summed E-state index contributed by atoms with van der Waals surface area (Å²) in [6.45, 7) is 5.93. The third-order valence-electron chi connectivity index (χ3n) is 2.66. The topological polar surface area (TPSA) is 21.3 Å². The van der Waals surface area contributed by atoms with E-state index in [2.05, 4.69) is 47.2 Å². The predicted molar refractivity (Wildman–Crippen MR) is 64.9 cm³/mol. The van der Waals surface area contributed by atoms with Crippen LogP contribution in [-0.2, 0) is 4.74 Å². The molecule has 1 aliphatic heterocycles. The van der Waals surface area contributed by atoms with E-state index in [0.717, 1.165) is 17.6 Å². The minimum absolute atomic E-state index is 0.0950. The summed E-state index contributed by atoms with van der Waals surface area (Å²) in [5.41, 5.74) is 1.32. The molecule has 15 heavy (non-hydrogen) atoms. The van der Waals surface area contributed by atoms with E-state index in [1.165, 1.54) is 5.56 Å². The van der Waals surface area contributed by atoms with Crippen LogP contribution >= 0.6 is 15.9 Å². The highest BCUT2D eigenvalue weighted by atomic mass is 79.9. The number of hydrogen-bond acceptors (Lipinski definition) is 2. The lowest BCUT2D eigenvalue weighted by molar-refractivity contribution is -0.0232. The zero-order valence-corrected chi connectivity index (χ0v) is 10.7. The fraction of sp³-hybridized carbons (Fsp3) is 0.500. The number of morpholine rings is 1. The lowest BCUT2D eigenvalue weighted by atomic mass is 10.0. The van der Waals surface area contributed by atoms with E-state index >= 15 is 0 Å². The van der Waals surface area contributed by atoms with Crippen molar-refractivity contribution >= 4 is 15.9 Å². The van der Waals surface area contributed by atoms with Crippen molar-refractivity contribution in [2.75, 3.05) is 13.2 Å². The molecule has 0 spiro atoms. The summed E-state index contributed by atoms with van der Waals surface area (Å²) >= 11 is 3.55. The van der Waals surface area contributed by atoms with Crippen LogP contribution in [0.1, 0.15) is 25.5 Å². The Morgan fingerprint density at radius 2 is 2.13 bits per heavy atom. The van der Waals surface area contributed by atoms with Gasteiger partial charge in [-0.25, -0.2) is 0 Å². The van der Waals surface area contributed by atoms with Gasteiger partial charge in [-0.05, 0) is 25.5 Å². The van der Waals surface area contributed by atoms with Crippen LogP contribution in [0.3, 0.4) is 0 Å². The van der Waals surface area contributed by atoms with Crippen LogP contribution in [0, 0.1) is 0 Å². The Hall–Kier alpha value is -0.380. The minimum atomic E-state index is 0.0950. The molecule has 82 valence electrons. The highest BCUT2D eigenvalue weighted by Crippen LogP contribution is 2.28. The number of hydrogen-bond donors (Lipinski definition) is 1. The quantitative estimate of drug-likeness (QED) is 0.847. The van der Waals surface area contributed by atoms with Crippen molar-refractivity contribution in [2.24, 2.45) is 0 Å². The molecule has 1 fully saturated rings. The molecule has 0 amide bonds. The molecule has 1 atom stereocenters. The van der Waals surface area contributed by atoms with Gasteiger partial charge in [0.25, 0.3) is 0 Å². The van der Waals surface area contributed by atoms with Crippen molar-refractivity contribution < 1.29 is 4.74 Å². The third kappa shape index (κ3) is 2.60. The molecule has 1 unspecified atom stereocenters. The fourth-order valence-electron chi connectivity index (χ4n) is 1.72. The van der Waals surface area contributed by atoms with Crippen molar-refractivity contribution in [3.63, 3.8) is 0 Å². The van der Waals surface area contributed by atoms with Gasteiger partial charge in [-0.3, -0.25) is 0 Å². The van der Waals surface area contributed by atoms with E-state index in [1.54, 1.807) is 0 Å². The first-order chi connectivity index (χ1) is 7.08. The lowest BCUT2D eigenvalue weighted by Gasteiger charge is -2.36. The van der Waals surface area contributed by atoms with E-state index in [1.807, 2.05) is 12.1 Å². The second-order valence-electron chi connectivity index (χ2n) is 4.59. The van der Waals surface area contributed by atoms with Gasteiger partial charge in [-0.1, -0.05) is 34.1 Å². The first-order valence-electron chi connectivity index (χ1n) is 5.19. The van der Waals surface area contributed by atoms with Crippen LogP contribution in [0.15, 0.2) is 28.7 Å². The summed E-state index contributed by atoms with van der Waals surface area (Å²) in [6.07, 6.45) is 0.161. The van der Waals surface area contributed by atoms with E-state index in [-0.39, 0.29) is 11.6 Å². The van der Waals surface area contributed by atoms with Gasteiger partial charge < -0.3 is 10.1 Å². The normalized spacial score (nSPS) is 25.1. The second-order valence-corrected chi connectivity index (χ2v) is 5.44. The van der Waals surface area contributed by atoms with Crippen LogP contribution in [0.2, 0.25) is 0 Å². The van der Waals surface area contributed by atoms with Crippen molar-refractivity contribution in [1.82, 2.24) is 5.32 Å². The molecule has 1 aliphatic rings. The zero-order chi connectivity index (χ0) is 10.9. The fourth-order valence-corrected chi connectivity index (χ4v) is 2.26. The molecule has 3 heteroatoms. The van der Waals surface area contributed by atoms with Gasteiger partial charge in [-0.15, -0.1) is 0 Å². The third-order valence-corrected chi connectivity index (χ3v) is 3.39. The summed E-state index contributed by atoms with van der Waals surface area (Å²) in [5, 5.41) is 3.49. The minimum Gasteiger partial charge on any atom is -0.370 e. The maximum absolute atomic E-state index is 5.87. The summed E-state index contributed by atoms with van der Waals surface area (Å²) in [5.74, 6) is 0. The summed E-state index contributed by atoms with van der Waals surface area (Å²) in [7, 11) is 0. The molecule has 0 bridgehead atoms. The van der Waals surface area contributed by atoms with E-state index in [4.69, 9.17) is 4.74 Å². The monoisotopic (exact) mass is 269 g/mol. The van der Waals surface area contributed by atoms with Crippen LogP contribution < -0.4 is 5.32 Å². The van der Waals surface area contributed by atoms with Gasteiger partial charge >= 0.3 is 0 Å². The van der Waals surface area contributed by atoms with Gasteiger partial charge in [0.15, 0.2) is 0 Å². The number of rotatable bonds is 1.